The Hall–Kier alpha value is -8.02. The second-order valence-corrected chi connectivity index (χ2v) is 16.4. The Labute approximate surface area is 379 Å². The van der Waals surface area contributed by atoms with Crippen LogP contribution >= 0.6 is 0 Å². The summed E-state index contributed by atoms with van der Waals surface area (Å²) in [5, 5.41) is 2.14. The van der Waals surface area contributed by atoms with E-state index >= 15 is 0 Å². The molecule has 0 atom stereocenters. The van der Waals surface area contributed by atoms with E-state index in [1.807, 2.05) is 83.6 Å². The maximum absolute atomic E-state index is 9.21. The average Bonchev–Trinajstić information content (AvgIpc) is 4.01. The monoisotopic (exact) mass is 819 g/mol. The van der Waals surface area contributed by atoms with Crippen LogP contribution in [0.5, 0.6) is 11.5 Å². The zero-order valence-electron chi connectivity index (χ0n) is 43.6. The van der Waals surface area contributed by atoms with Crippen LogP contribution in [-0.2, 0) is 5.41 Å². The summed E-state index contributed by atoms with van der Waals surface area (Å²) in [7, 11) is 0. The summed E-state index contributed by atoms with van der Waals surface area (Å²) in [6, 6.07) is 41.7. The summed E-state index contributed by atoms with van der Waals surface area (Å²) in [6.45, 7) is 6.09. The normalized spacial score (nSPS) is 14.8. The van der Waals surface area contributed by atoms with E-state index in [1.165, 1.54) is 16.7 Å². The Kier molecular flexibility index (Phi) is 6.46. The first-order chi connectivity index (χ1) is 34.6. The summed E-state index contributed by atoms with van der Waals surface area (Å²) in [4.78, 5) is 5.09. The molecule has 8 aromatic carbocycles. The topological polar surface area (TPSA) is 35.9 Å². The first-order valence-corrected chi connectivity index (χ1v) is 20.8. The van der Waals surface area contributed by atoms with Crippen LogP contribution in [-0.4, -0.2) is 14.1 Å². The third-order valence-corrected chi connectivity index (χ3v) is 12.3. The molecule has 0 fully saturated rings. The summed E-state index contributed by atoms with van der Waals surface area (Å²) in [5.74, 6) is 1.95. The number of hydrogen-bond donors (Lipinski definition) is 0. The van der Waals surface area contributed by atoms with Gasteiger partial charge in [-0.25, -0.2) is 4.98 Å². The summed E-state index contributed by atoms with van der Waals surface area (Å²) in [6.07, 6.45) is 5.49. The van der Waals surface area contributed by atoms with Crippen molar-refractivity contribution in [2.24, 2.45) is 0 Å². The second-order valence-electron chi connectivity index (χ2n) is 16.4. The lowest BCUT2D eigenvalue weighted by Gasteiger charge is -2.22. The van der Waals surface area contributed by atoms with E-state index < -0.39 is 30.2 Å². The molecular weight excluding hydrogens is 769 g/mol. The Balaban J connectivity index is 1.00. The number of aromatic nitrogens is 4. The highest BCUT2D eigenvalue weighted by atomic mass is 16.5. The minimum atomic E-state index is -0.541. The highest BCUT2D eigenvalue weighted by molar-refractivity contribution is 6.09. The molecule has 0 unspecified atom stereocenters. The number of rotatable bonds is 7. The van der Waals surface area contributed by atoms with E-state index in [-0.39, 0.29) is 63.1 Å². The van der Waals surface area contributed by atoms with Crippen LogP contribution < -0.4 is 9.30 Å². The number of ether oxygens (including phenoxy) is 1. The summed E-state index contributed by atoms with van der Waals surface area (Å²) in [5.41, 5.74) is 9.50. The van der Waals surface area contributed by atoms with Crippen LogP contribution in [0.4, 0.5) is 0 Å². The van der Waals surface area contributed by atoms with E-state index in [0.29, 0.717) is 28.2 Å². The third kappa shape index (κ3) is 5.92. The summed E-state index contributed by atoms with van der Waals surface area (Å²) >= 11 is 0. The van der Waals surface area contributed by atoms with Gasteiger partial charge in [0, 0.05) is 34.0 Å². The molecule has 1 aliphatic carbocycles. The van der Waals surface area contributed by atoms with Gasteiger partial charge in [-0.15, -0.1) is 0 Å². The first-order valence-electron chi connectivity index (χ1n) is 25.3. The van der Waals surface area contributed by atoms with Gasteiger partial charge in [0.15, 0.2) is 0 Å². The molecule has 0 spiro atoms. The van der Waals surface area contributed by atoms with Crippen molar-refractivity contribution < 1.29 is 21.6 Å². The van der Waals surface area contributed by atoms with Gasteiger partial charge in [0.25, 0.3) is 6.33 Å². The molecule has 0 radical (unpaired) electrons. The standard InChI is InChI=1S/C58H42N4O/c1-38-16-13-19-40(32-38)45-25-15-24-44(39-17-5-4-6-18-39)57(45)61-37-60(53-28-11-12-29-54(53)61)41-20-14-21-42(33-41)63-43-30-31-48-47-23-8-10-27-52(47)62(55(48)34-43)56-35-51-49(36-59-56)46-22-7-9-26-50(46)58(51,2)3/h4-36H,1-3H3/i4D,5D,6D,13D,16D,17D,18D,19D,32D. The molecule has 3 aromatic heterocycles. The maximum Gasteiger partial charge on any atom is 0.269 e. The molecular formula is C58H42N4O. The largest absolute Gasteiger partial charge is 0.458 e. The van der Waals surface area contributed by atoms with E-state index in [9.17, 15) is 1.37 Å². The molecule has 0 bridgehead atoms. The highest BCUT2D eigenvalue weighted by Crippen LogP contribution is 2.49. The van der Waals surface area contributed by atoms with Crippen LogP contribution in [0.2, 0.25) is 0 Å². The van der Waals surface area contributed by atoms with Gasteiger partial charge in [-0.2, -0.15) is 0 Å². The van der Waals surface area contributed by atoms with E-state index in [1.54, 1.807) is 29.7 Å². The Morgan fingerprint density at radius 3 is 2.21 bits per heavy atom. The van der Waals surface area contributed by atoms with Crippen LogP contribution in [0.25, 0.3) is 83.4 Å². The number of benzene rings is 8. The zero-order chi connectivity index (χ0) is 50.1. The Morgan fingerprint density at radius 1 is 0.603 bits per heavy atom. The molecule has 0 aliphatic heterocycles. The lowest BCUT2D eigenvalue weighted by Crippen LogP contribution is -2.31. The molecule has 5 nitrogen and oxygen atoms in total. The molecule has 0 saturated heterocycles. The fourth-order valence-corrected chi connectivity index (χ4v) is 9.35. The molecule has 1 aliphatic rings. The lowest BCUT2D eigenvalue weighted by molar-refractivity contribution is -0.571. The van der Waals surface area contributed by atoms with Gasteiger partial charge in [-0.3, -0.25) is 13.7 Å². The van der Waals surface area contributed by atoms with Crippen LogP contribution in [0.3, 0.4) is 0 Å². The molecule has 0 N–H and O–H groups in total. The molecule has 11 aromatic rings. The third-order valence-electron chi connectivity index (χ3n) is 12.3. The number of pyridine rings is 1. The van der Waals surface area contributed by atoms with Gasteiger partial charge in [-0.05, 0) is 88.3 Å². The van der Waals surface area contributed by atoms with Gasteiger partial charge >= 0.3 is 0 Å². The van der Waals surface area contributed by atoms with Gasteiger partial charge in [0.1, 0.15) is 17.3 Å². The maximum atomic E-state index is 9.21. The van der Waals surface area contributed by atoms with Crippen LogP contribution in [0.1, 0.15) is 42.9 Å². The van der Waals surface area contributed by atoms with Crippen molar-refractivity contribution >= 4 is 32.8 Å². The van der Waals surface area contributed by atoms with E-state index in [2.05, 4.69) is 73.3 Å². The van der Waals surface area contributed by atoms with Crippen LogP contribution in [0, 0.1) is 13.3 Å². The molecule has 12 rings (SSSR count). The molecule has 3 heterocycles. The average molecular weight is 820 g/mol. The van der Waals surface area contributed by atoms with Gasteiger partial charge in [0.05, 0.1) is 45.8 Å². The summed E-state index contributed by atoms with van der Waals surface area (Å²) < 4.78 is 91.6. The Bertz CT molecular complexity index is 3990. The predicted octanol–water partition coefficient (Wildman–Crippen LogP) is 13.9. The van der Waals surface area contributed by atoms with Crippen molar-refractivity contribution in [3.8, 4) is 62.1 Å². The van der Waals surface area contributed by atoms with Gasteiger partial charge in [-0.1, -0.05) is 165 Å². The molecule has 0 amide bonds. The first kappa shape index (κ1) is 28.5. The Morgan fingerprint density at radius 2 is 1.32 bits per heavy atom. The molecule has 5 heteroatoms. The number of hydrogen-bond acceptors (Lipinski definition) is 2. The minimum absolute atomic E-state index is 0.0585. The van der Waals surface area contributed by atoms with E-state index in [0.717, 1.165) is 33.2 Å². The van der Waals surface area contributed by atoms with Crippen molar-refractivity contribution in [3.63, 3.8) is 0 Å². The molecule has 63 heavy (non-hydrogen) atoms. The quantitative estimate of drug-likeness (QED) is 0.119. The second kappa shape index (κ2) is 14.3. The van der Waals surface area contributed by atoms with Crippen molar-refractivity contribution in [3.05, 3.63) is 223 Å². The zero-order valence-corrected chi connectivity index (χ0v) is 34.6. The number of para-hydroxylation sites is 4. The van der Waals surface area contributed by atoms with Crippen molar-refractivity contribution in [2.45, 2.75) is 26.2 Å². The van der Waals surface area contributed by atoms with Crippen molar-refractivity contribution in [2.75, 3.05) is 0 Å². The minimum Gasteiger partial charge on any atom is -0.458 e. The van der Waals surface area contributed by atoms with Crippen molar-refractivity contribution in [1.82, 2.24) is 14.1 Å². The number of imidazole rings is 1. The fraction of sp³-hybridized carbons (Fsp3) is 0.0690. The van der Waals surface area contributed by atoms with Gasteiger partial charge < -0.3 is 4.74 Å². The smallest absolute Gasteiger partial charge is 0.269 e. The SMILES string of the molecule is [2H]c1c([2H])c([2H])c(-c2cccc(-c3c([2H])c([2H])c([2H])c(C)c3[2H])c2-[n+]2[c-]n(-c3cccc(Oc4ccc5c6ccccc6n(-c6cc7c(cn6)-c6ccccc6C7(C)C)c5c4)c3)c3ccccc32)c([2H])c1[2H]. The van der Waals surface area contributed by atoms with Crippen molar-refractivity contribution in [1.29, 1.82) is 0 Å². The number of nitrogens with zero attached hydrogens (tertiary/aromatic N) is 4. The molecule has 0 saturated carbocycles. The fourth-order valence-electron chi connectivity index (χ4n) is 9.35. The number of fused-ring (bicyclic) bond motifs is 7. The van der Waals surface area contributed by atoms with E-state index in [4.69, 9.17) is 20.7 Å². The van der Waals surface area contributed by atoms with Crippen LogP contribution in [0.15, 0.2) is 200 Å². The predicted molar refractivity (Wildman–Crippen MR) is 255 cm³/mol. The lowest BCUT2D eigenvalue weighted by atomic mass is 9.83. The van der Waals surface area contributed by atoms with Gasteiger partial charge in [0.2, 0.25) is 0 Å². The molecule has 300 valence electrons. The highest BCUT2D eigenvalue weighted by Gasteiger charge is 2.36.